The lowest BCUT2D eigenvalue weighted by Crippen LogP contribution is -2.55. The number of benzene rings is 2. The summed E-state index contributed by atoms with van der Waals surface area (Å²) in [6.45, 7) is -0.0457. The van der Waals surface area contributed by atoms with Gasteiger partial charge in [-0.3, -0.25) is 4.79 Å². The predicted octanol–water partition coefficient (Wildman–Crippen LogP) is 1.87. The van der Waals surface area contributed by atoms with Crippen molar-refractivity contribution in [3.63, 3.8) is 0 Å². The molecule has 2 aromatic rings. The molecule has 0 aliphatic rings. The second-order valence-electron chi connectivity index (χ2n) is 5.59. The number of nitrogens with one attached hydrogen (secondary N) is 1. The van der Waals surface area contributed by atoms with Crippen LogP contribution >= 0.6 is 0 Å². The van der Waals surface area contributed by atoms with Crippen molar-refractivity contribution < 1.29 is 18.7 Å². The number of alkyl halides is 2. The smallest absolute Gasteiger partial charge is 0.351 e. The molecule has 0 aliphatic carbocycles. The highest BCUT2D eigenvalue weighted by Gasteiger charge is 2.48. The van der Waals surface area contributed by atoms with E-state index < -0.39 is 24.0 Å². The summed E-state index contributed by atoms with van der Waals surface area (Å²) < 4.78 is 28.2. The number of rotatable bonds is 7. The van der Waals surface area contributed by atoms with Crippen LogP contribution < -0.4 is 11.1 Å². The normalized spacial score (nSPS) is 14.0. The summed E-state index contributed by atoms with van der Waals surface area (Å²) in [7, 11) is 0. The Bertz CT molecular complexity index is 651. The molecule has 0 unspecified atom stereocenters. The lowest BCUT2D eigenvalue weighted by Gasteiger charge is -2.26. The lowest BCUT2D eigenvalue weighted by atomic mass is 9.97. The van der Waals surface area contributed by atoms with Gasteiger partial charge in [0, 0.05) is 12.6 Å². The number of hydrogen-bond acceptors (Lipinski definition) is 3. The maximum atomic E-state index is 14.1. The van der Waals surface area contributed by atoms with Crippen molar-refractivity contribution in [2.75, 3.05) is 0 Å². The summed E-state index contributed by atoms with van der Waals surface area (Å²) in [5.41, 5.74) is 7.07. The van der Waals surface area contributed by atoms with Crippen molar-refractivity contribution >= 4 is 5.91 Å². The molecule has 24 heavy (non-hydrogen) atoms. The molecule has 0 saturated carbocycles. The zero-order chi connectivity index (χ0) is 17.6. The van der Waals surface area contributed by atoms with Gasteiger partial charge >= 0.3 is 5.92 Å². The Morgan fingerprint density at radius 2 is 1.54 bits per heavy atom. The van der Waals surface area contributed by atoms with Crippen LogP contribution in [0.15, 0.2) is 60.7 Å². The van der Waals surface area contributed by atoms with Crippen LogP contribution in [0.1, 0.15) is 11.1 Å². The monoisotopic (exact) mass is 334 g/mol. The van der Waals surface area contributed by atoms with Crippen molar-refractivity contribution in [1.82, 2.24) is 5.32 Å². The van der Waals surface area contributed by atoms with E-state index >= 15 is 0 Å². The summed E-state index contributed by atoms with van der Waals surface area (Å²) in [5.74, 6) is -5.51. The van der Waals surface area contributed by atoms with E-state index in [1.54, 1.807) is 60.7 Å². The van der Waals surface area contributed by atoms with E-state index in [4.69, 9.17) is 5.73 Å². The molecular weight excluding hydrogens is 314 g/mol. The van der Waals surface area contributed by atoms with Gasteiger partial charge in [0.1, 0.15) is 6.10 Å². The number of aliphatic hydroxyl groups is 1. The van der Waals surface area contributed by atoms with Gasteiger partial charge < -0.3 is 16.2 Å². The van der Waals surface area contributed by atoms with E-state index in [1.165, 1.54) is 0 Å². The maximum Gasteiger partial charge on any atom is 0.351 e. The molecule has 0 saturated heterocycles. The Labute approximate surface area is 139 Å². The zero-order valence-electron chi connectivity index (χ0n) is 13.0. The number of aliphatic hydroxyl groups excluding tert-OH is 1. The second-order valence-corrected chi connectivity index (χ2v) is 5.59. The van der Waals surface area contributed by atoms with Crippen molar-refractivity contribution in [3.05, 3.63) is 71.8 Å². The zero-order valence-corrected chi connectivity index (χ0v) is 13.0. The Hall–Kier alpha value is -2.31. The lowest BCUT2D eigenvalue weighted by molar-refractivity contribution is -0.165. The largest absolute Gasteiger partial charge is 0.385 e. The first-order chi connectivity index (χ1) is 11.4. The van der Waals surface area contributed by atoms with E-state index in [1.807, 2.05) is 0 Å². The van der Waals surface area contributed by atoms with Crippen LogP contribution in [0.3, 0.4) is 0 Å². The molecule has 1 amide bonds. The molecule has 0 spiro atoms. The van der Waals surface area contributed by atoms with Gasteiger partial charge in [0.25, 0.3) is 5.91 Å². The van der Waals surface area contributed by atoms with Crippen molar-refractivity contribution in [1.29, 1.82) is 0 Å². The van der Waals surface area contributed by atoms with Crippen LogP contribution in [0.5, 0.6) is 0 Å². The van der Waals surface area contributed by atoms with E-state index in [9.17, 15) is 18.7 Å². The van der Waals surface area contributed by atoms with Gasteiger partial charge in [-0.25, -0.2) is 0 Å². The minimum atomic E-state index is -3.97. The summed E-state index contributed by atoms with van der Waals surface area (Å²) in [6, 6.07) is 16.1. The van der Waals surface area contributed by atoms with Crippen LogP contribution in [0.25, 0.3) is 0 Å². The van der Waals surface area contributed by atoms with Gasteiger partial charge in [-0.15, -0.1) is 0 Å². The summed E-state index contributed by atoms with van der Waals surface area (Å²) in [4.78, 5) is 11.8. The molecule has 128 valence electrons. The van der Waals surface area contributed by atoms with Gasteiger partial charge in [-0.05, 0) is 17.5 Å². The average molecular weight is 334 g/mol. The molecule has 2 aromatic carbocycles. The topological polar surface area (TPSA) is 75.3 Å². The highest BCUT2D eigenvalue weighted by Crippen LogP contribution is 2.22. The molecule has 2 atom stereocenters. The van der Waals surface area contributed by atoms with E-state index in [-0.39, 0.29) is 13.0 Å². The van der Waals surface area contributed by atoms with Gasteiger partial charge in [-0.2, -0.15) is 8.78 Å². The van der Waals surface area contributed by atoms with E-state index in [2.05, 4.69) is 5.32 Å². The maximum absolute atomic E-state index is 14.1. The first-order valence-corrected chi connectivity index (χ1v) is 7.59. The van der Waals surface area contributed by atoms with Gasteiger partial charge in [0.05, 0.1) is 0 Å². The molecule has 6 heteroatoms. The Balaban J connectivity index is 1.95. The molecular formula is C18H20F2N2O2. The molecule has 0 fully saturated rings. The molecule has 0 bridgehead atoms. The van der Waals surface area contributed by atoms with E-state index in [0.29, 0.717) is 11.1 Å². The number of hydrogen-bond donors (Lipinski definition) is 3. The number of amides is 1. The summed E-state index contributed by atoms with van der Waals surface area (Å²) in [6.07, 6.45) is -2.22. The molecule has 2 rings (SSSR count). The first kappa shape index (κ1) is 18.0. The molecule has 0 radical (unpaired) electrons. The van der Waals surface area contributed by atoms with Gasteiger partial charge in [-0.1, -0.05) is 60.7 Å². The first-order valence-electron chi connectivity index (χ1n) is 7.59. The number of halogens is 2. The van der Waals surface area contributed by atoms with Gasteiger partial charge in [0.2, 0.25) is 0 Å². The molecule has 0 aromatic heterocycles. The number of nitrogens with two attached hydrogens (primary N) is 1. The Kier molecular flexibility index (Phi) is 6.00. The fourth-order valence-electron chi connectivity index (χ4n) is 2.30. The SMILES string of the molecule is N[C@H](Cc1ccccc1)[C@@H](O)C(F)(F)C(=O)NCc1ccccc1. The third-order valence-electron chi connectivity index (χ3n) is 3.69. The minimum absolute atomic E-state index is 0.0452. The quantitative estimate of drug-likeness (QED) is 0.723. The number of carbonyl (C=O) groups excluding carboxylic acids is 1. The van der Waals surface area contributed by atoms with Gasteiger partial charge in [0.15, 0.2) is 0 Å². The standard InChI is InChI=1S/C18H20F2N2O2/c19-18(20,17(24)22-12-14-9-5-2-6-10-14)16(23)15(21)11-13-7-3-1-4-8-13/h1-10,15-16,23H,11-12,21H2,(H,22,24)/t15-,16-/m1/s1. The van der Waals surface area contributed by atoms with Crippen LogP contribution in [0.2, 0.25) is 0 Å². The van der Waals surface area contributed by atoms with Crippen molar-refractivity contribution in [3.8, 4) is 0 Å². The molecule has 4 N–H and O–H groups in total. The number of carbonyl (C=O) groups is 1. The highest BCUT2D eigenvalue weighted by molar-refractivity contribution is 5.84. The van der Waals surface area contributed by atoms with Crippen LogP contribution in [-0.4, -0.2) is 29.1 Å². The second kappa shape index (κ2) is 7.99. The fourth-order valence-corrected chi connectivity index (χ4v) is 2.30. The van der Waals surface area contributed by atoms with Crippen molar-refractivity contribution in [2.45, 2.75) is 31.0 Å². The minimum Gasteiger partial charge on any atom is -0.385 e. The Morgan fingerprint density at radius 3 is 2.08 bits per heavy atom. The predicted molar refractivity (Wildman–Crippen MR) is 87.4 cm³/mol. The molecule has 0 aliphatic heterocycles. The van der Waals surface area contributed by atoms with E-state index in [0.717, 1.165) is 0 Å². The van der Waals surface area contributed by atoms with Crippen LogP contribution in [-0.2, 0) is 17.8 Å². The molecule has 4 nitrogen and oxygen atoms in total. The third kappa shape index (κ3) is 4.59. The Morgan fingerprint density at radius 1 is 1.04 bits per heavy atom. The molecule has 0 heterocycles. The fraction of sp³-hybridized carbons (Fsp3) is 0.278. The average Bonchev–Trinajstić information content (AvgIpc) is 2.60. The van der Waals surface area contributed by atoms with Crippen molar-refractivity contribution in [2.24, 2.45) is 5.73 Å². The highest BCUT2D eigenvalue weighted by atomic mass is 19.3. The third-order valence-corrected chi connectivity index (χ3v) is 3.69. The summed E-state index contributed by atoms with van der Waals surface area (Å²) in [5, 5.41) is 12.0. The van der Waals surface area contributed by atoms with Crippen LogP contribution in [0.4, 0.5) is 8.78 Å². The summed E-state index contributed by atoms with van der Waals surface area (Å²) >= 11 is 0. The van der Waals surface area contributed by atoms with Crippen LogP contribution in [0, 0.1) is 0 Å².